The molecule has 278 valence electrons. The first-order chi connectivity index (χ1) is 25.1. The van der Waals surface area contributed by atoms with Crippen LogP contribution in [0.2, 0.25) is 0 Å². The summed E-state index contributed by atoms with van der Waals surface area (Å²) in [6, 6.07) is 18.1. The highest BCUT2D eigenvalue weighted by Crippen LogP contribution is 2.37. The molecular weight excluding hydrogens is 671 g/mol. The number of methoxy groups -OCH3 is 3. The number of rotatable bonds is 23. The Hall–Kier alpha value is -5.10. The zero-order valence-electron chi connectivity index (χ0n) is 30.1. The molecule has 3 aromatic carbocycles. The van der Waals surface area contributed by atoms with Crippen molar-refractivity contribution >= 4 is 17.9 Å². The van der Waals surface area contributed by atoms with Crippen LogP contribution in [0.5, 0.6) is 5.75 Å². The molecule has 0 radical (unpaired) electrons. The molecule has 0 spiro atoms. The SMILES string of the molecule is C=C(COC)C(=O)OCCCc1ccc(-c2cc(OCCOC(=O)C(=C)COC)c(-c3ccc(CCCOC(=O)C(=C)COC)cc3)cc2F)cc1. The van der Waals surface area contributed by atoms with Gasteiger partial charge >= 0.3 is 17.9 Å². The molecule has 0 aliphatic rings. The van der Waals surface area contributed by atoms with E-state index in [-0.39, 0.29) is 63.0 Å². The van der Waals surface area contributed by atoms with Gasteiger partial charge in [0, 0.05) is 32.5 Å². The number of carbonyl (C=O) groups excluding carboxylic acids is 3. The molecule has 0 heterocycles. The van der Waals surface area contributed by atoms with Crippen LogP contribution in [0.4, 0.5) is 4.39 Å². The highest BCUT2D eigenvalue weighted by Gasteiger charge is 2.16. The molecule has 0 saturated carbocycles. The van der Waals surface area contributed by atoms with Crippen LogP contribution in [0.3, 0.4) is 0 Å². The number of aryl methyl sites for hydroxylation is 2. The van der Waals surface area contributed by atoms with Gasteiger partial charge in [0.05, 0.1) is 49.8 Å². The van der Waals surface area contributed by atoms with Gasteiger partial charge in [0.15, 0.2) is 0 Å². The van der Waals surface area contributed by atoms with E-state index in [1.165, 1.54) is 27.4 Å². The lowest BCUT2D eigenvalue weighted by atomic mass is 9.96. The number of carbonyl (C=O) groups is 3. The molecule has 0 aliphatic carbocycles. The topological polar surface area (TPSA) is 116 Å². The molecule has 0 bridgehead atoms. The van der Waals surface area contributed by atoms with E-state index >= 15 is 4.39 Å². The number of halogens is 1. The van der Waals surface area contributed by atoms with Crippen LogP contribution in [-0.4, -0.2) is 85.5 Å². The Bertz CT molecular complexity index is 1680. The Morgan fingerprint density at radius 2 is 0.962 bits per heavy atom. The summed E-state index contributed by atoms with van der Waals surface area (Å²) >= 11 is 0. The van der Waals surface area contributed by atoms with Crippen molar-refractivity contribution in [2.75, 3.05) is 67.6 Å². The second-order valence-electron chi connectivity index (χ2n) is 11.8. The summed E-state index contributed by atoms with van der Waals surface area (Å²) in [6.07, 6.45) is 2.52. The first kappa shape index (κ1) is 41.3. The van der Waals surface area contributed by atoms with Crippen LogP contribution >= 0.6 is 0 Å². The molecule has 0 N–H and O–H groups in total. The van der Waals surface area contributed by atoms with Gasteiger partial charge in [-0.25, -0.2) is 18.8 Å². The van der Waals surface area contributed by atoms with E-state index < -0.39 is 23.7 Å². The second kappa shape index (κ2) is 22.0. The molecule has 10 nitrogen and oxygen atoms in total. The zero-order valence-corrected chi connectivity index (χ0v) is 30.1. The van der Waals surface area contributed by atoms with E-state index in [9.17, 15) is 14.4 Å². The van der Waals surface area contributed by atoms with Crippen molar-refractivity contribution < 1.29 is 51.9 Å². The highest BCUT2D eigenvalue weighted by molar-refractivity contribution is 5.88. The maximum atomic E-state index is 15.8. The molecule has 0 amide bonds. The van der Waals surface area contributed by atoms with Gasteiger partial charge < -0.3 is 33.2 Å². The van der Waals surface area contributed by atoms with Crippen LogP contribution in [0, 0.1) is 5.82 Å². The first-order valence-electron chi connectivity index (χ1n) is 16.7. The number of esters is 3. The molecular formula is C41H47FO10. The summed E-state index contributed by atoms with van der Waals surface area (Å²) in [5.41, 5.74) is 4.92. The standard InChI is InChI=1S/C41H47FO10/c1-28(25-46-4)39(43)50-19-7-9-31-11-15-33(16-12-31)35-24-38(49-21-22-52-41(45)30(3)27-48-6)36(23-37(35)42)34-17-13-32(14-18-34)10-8-20-51-40(44)29(2)26-47-5/h11-18,23-24H,1-3,7-10,19-22,25-27H2,4-6H3. The van der Waals surface area contributed by atoms with Crippen LogP contribution in [0.1, 0.15) is 24.0 Å². The van der Waals surface area contributed by atoms with E-state index in [1.807, 2.05) is 48.5 Å². The number of benzene rings is 3. The number of ether oxygens (including phenoxy) is 7. The monoisotopic (exact) mass is 718 g/mol. The Balaban J connectivity index is 1.72. The van der Waals surface area contributed by atoms with Crippen molar-refractivity contribution in [2.45, 2.75) is 25.7 Å². The lowest BCUT2D eigenvalue weighted by molar-refractivity contribution is -0.141. The maximum absolute atomic E-state index is 15.8. The number of hydrogen-bond acceptors (Lipinski definition) is 10. The lowest BCUT2D eigenvalue weighted by Gasteiger charge is -2.16. The quantitative estimate of drug-likeness (QED) is 0.0457. The molecule has 0 saturated heterocycles. The zero-order chi connectivity index (χ0) is 37.9. The Morgan fingerprint density at radius 3 is 1.38 bits per heavy atom. The molecule has 3 rings (SSSR count). The molecule has 0 aromatic heterocycles. The van der Waals surface area contributed by atoms with E-state index in [0.717, 1.165) is 16.7 Å². The third-order valence-electron chi connectivity index (χ3n) is 7.68. The van der Waals surface area contributed by atoms with E-state index in [2.05, 4.69) is 19.7 Å². The van der Waals surface area contributed by atoms with Gasteiger partial charge in [0.1, 0.15) is 24.8 Å². The molecule has 0 unspecified atom stereocenters. The highest BCUT2D eigenvalue weighted by atomic mass is 19.1. The van der Waals surface area contributed by atoms with Crippen LogP contribution in [0.15, 0.2) is 97.1 Å². The third kappa shape index (κ3) is 13.2. The fraction of sp³-hybridized carbons (Fsp3) is 0.341. The summed E-state index contributed by atoms with van der Waals surface area (Å²) < 4.78 is 52.3. The molecule has 0 fully saturated rings. The summed E-state index contributed by atoms with van der Waals surface area (Å²) in [7, 11) is 4.42. The minimum Gasteiger partial charge on any atom is -0.489 e. The summed E-state index contributed by atoms with van der Waals surface area (Å²) in [6.45, 7) is 11.6. The molecule has 0 aliphatic heterocycles. The predicted octanol–water partition coefficient (Wildman–Crippen LogP) is 6.64. The Morgan fingerprint density at radius 1 is 0.558 bits per heavy atom. The summed E-state index contributed by atoms with van der Waals surface area (Å²) in [5, 5.41) is 0. The minimum absolute atomic E-state index is 0.0139. The summed E-state index contributed by atoms with van der Waals surface area (Å²) in [5.74, 6) is -1.60. The molecule has 3 aromatic rings. The largest absolute Gasteiger partial charge is 0.489 e. The van der Waals surface area contributed by atoms with Crippen molar-refractivity contribution in [2.24, 2.45) is 0 Å². The fourth-order valence-corrected chi connectivity index (χ4v) is 5.00. The maximum Gasteiger partial charge on any atom is 0.335 e. The van der Waals surface area contributed by atoms with Gasteiger partial charge in [-0.2, -0.15) is 0 Å². The fourth-order valence-electron chi connectivity index (χ4n) is 5.00. The third-order valence-corrected chi connectivity index (χ3v) is 7.68. The van der Waals surface area contributed by atoms with Gasteiger partial charge in [-0.1, -0.05) is 68.3 Å². The lowest BCUT2D eigenvalue weighted by Crippen LogP contribution is -2.15. The predicted molar refractivity (Wildman–Crippen MR) is 195 cm³/mol. The molecule has 11 heteroatoms. The van der Waals surface area contributed by atoms with Gasteiger partial charge in [-0.05, 0) is 60.1 Å². The van der Waals surface area contributed by atoms with Gasteiger partial charge in [0.25, 0.3) is 0 Å². The Kier molecular flexibility index (Phi) is 17.5. The minimum atomic E-state index is -0.592. The van der Waals surface area contributed by atoms with Crippen LogP contribution < -0.4 is 4.74 Å². The summed E-state index contributed by atoms with van der Waals surface area (Å²) in [4.78, 5) is 36.0. The van der Waals surface area contributed by atoms with E-state index in [0.29, 0.717) is 48.1 Å². The van der Waals surface area contributed by atoms with Crippen molar-refractivity contribution in [1.82, 2.24) is 0 Å². The Labute approximate surface area is 304 Å². The average molecular weight is 719 g/mol. The molecule has 52 heavy (non-hydrogen) atoms. The van der Waals surface area contributed by atoms with Gasteiger partial charge in [-0.3, -0.25) is 0 Å². The second-order valence-corrected chi connectivity index (χ2v) is 11.8. The average Bonchev–Trinajstić information content (AvgIpc) is 3.14. The van der Waals surface area contributed by atoms with Gasteiger partial charge in [-0.15, -0.1) is 0 Å². The van der Waals surface area contributed by atoms with E-state index in [1.54, 1.807) is 6.07 Å². The normalized spacial score (nSPS) is 10.7. The number of hydrogen-bond donors (Lipinski definition) is 0. The first-order valence-corrected chi connectivity index (χ1v) is 16.7. The van der Waals surface area contributed by atoms with Crippen molar-refractivity contribution in [3.63, 3.8) is 0 Å². The van der Waals surface area contributed by atoms with E-state index in [4.69, 9.17) is 33.2 Å². The van der Waals surface area contributed by atoms with Gasteiger partial charge in [0.2, 0.25) is 0 Å². The molecule has 0 atom stereocenters. The van der Waals surface area contributed by atoms with Crippen molar-refractivity contribution in [3.8, 4) is 28.0 Å². The van der Waals surface area contributed by atoms with Crippen LogP contribution in [-0.2, 0) is 55.6 Å². The smallest absolute Gasteiger partial charge is 0.335 e. The van der Waals surface area contributed by atoms with Crippen molar-refractivity contribution in [1.29, 1.82) is 0 Å². The van der Waals surface area contributed by atoms with Crippen LogP contribution in [0.25, 0.3) is 22.3 Å². The van der Waals surface area contributed by atoms with Crippen molar-refractivity contribution in [3.05, 3.63) is 114 Å².